The van der Waals surface area contributed by atoms with Crippen molar-refractivity contribution in [3.63, 3.8) is 0 Å². The highest BCUT2D eigenvalue weighted by atomic mass is 127. The van der Waals surface area contributed by atoms with Gasteiger partial charge in [-0.1, -0.05) is 24.3 Å². The number of rotatable bonds is 3. The summed E-state index contributed by atoms with van der Waals surface area (Å²) < 4.78 is 7.21. The Labute approximate surface area is 162 Å². The van der Waals surface area contributed by atoms with E-state index in [1.165, 1.54) is 0 Å². The molecule has 2 aromatic carbocycles. The summed E-state index contributed by atoms with van der Waals surface area (Å²) in [6.07, 6.45) is 0. The Hall–Kier alpha value is -2.19. The summed E-state index contributed by atoms with van der Waals surface area (Å²) in [7, 11) is 0. The Bertz CT molecular complexity index is 1050. The van der Waals surface area contributed by atoms with Crippen LogP contribution in [0.4, 0.5) is 5.69 Å². The monoisotopic (exact) mass is 460 g/mol. The minimum atomic E-state index is -0.257. The summed E-state index contributed by atoms with van der Waals surface area (Å²) in [6, 6.07) is 17.5. The second-order valence-corrected chi connectivity index (χ2v) is 7.67. The third kappa shape index (κ3) is 3.32. The Morgan fingerprint density at radius 1 is 1.16 bits per heavy atom. The van der Waals surface area contributed by atoms with Crippen LogP contribution in [0.1, 0.15) is 16.1 Å². The van der Waals surface area contributed by atoms with Crippen molar-refractivity contribution in [2.45, 2.75) is 6.92 Å². The molecule has 0 saturated heterocycles. The van der Waals surface area contributed by atoms with E-state index in [9.17, 15) is 4.79 Å². The lowest BCUT2D eigenvalue weighted by Gasteiger charge is -2.08. The first kappa shape index (κ1) is 16.3. The van der Waals surface area contributed by atoms with Gasteiger partial charge < -0.3 is 9.73 Å². The van der Waals surface area contributed by atoms with E-state index in [-0.39, 0.29) is 5.91 Å². The van der Waals surface area contributed by atoms with Gasteiger partial charge in [0.05, 0.1) is 10.2 Å². The summed E-state index contributed by atoms with van der Waals surface area (Å²) >= 11 is 3.68. The molecule has 1 N–H and O–H groups in total. The lowest BCUT2D eigenvalue weighted by molar-refractivity contribution is 0.0995. The summed E-state index contributed by atoms with van der Waals surface area (Å²) in [6.45, 7) is 1.96. The number of benzene rings is 2. The van der Waals surface area contributed by atoms with Crippen molar-refractivity contribution in [1.82, 2.24) is 4.98 Å². The number of anilines is 1. The van der Waals surface area contributed by atoms with E-state index in [2.05, 4.69) is 16.4 Å². The van der Waals surface area contributed by atoms with Gasteiger partial charge in [0.15, 0.2) is 9.53 Å². The van der Waals surface area contributed by atoms with Gasteiger partial charge in [-0.05, 0) is 65.4 Å². The first-order chi connectivity index (χ1) is 12.1. The average Bonchev–Trinajstić information content (AvgIpc) is 3.23. The van der Waals surface area contributed by atoms with E-state index >= 15 is 0 Å². The average molecular weight is 460 g/mol. The van der Waals surface area contributed by atoms with Gasteiger partial charge in [-0.2, -0.15) is 0 Å². The van der Waals surface area contributed by atoms with Crippen molar-refractivity contribution in [3.8, 4) is 10.6 Å². The summed E-state index contributed by atoms with van der Waals surface area (Å²) in [5.41, 5.74) is 3.71. The fourth-order valence-electron chi connectivity index (χ4n) is 2.51. The maximum atomic E-state index is 12.3. The van der Waals surface area contributed by atoms with Crippen LogP contribution in [-0.4, -0.2) is 10.9 Å². The number of carbonyl (C=O) groups is 1. The standard InChI is InChI=1S/C19H13IN2O2S/c1-11-6-7-12(19-22-13-4-2-3-5-16(13)25-19)10-14(11)21-18(23)15-8-9-17(20)24-15/h2-10H,1H3,(H,21,23). The number of aromatic nitrogens is 1. The number of carbonyl (C=O) groups excluding carboxylic acids is 1. The number of hydrogen-bond acceptors (Lipinski definition) is 4. The number of thiazole rings is 1. The molecule has 0 fully saturated rings. The molecule has 4 nitrogen and oxygen atoms in total. The van der Waals surface area contributed by atoms with Crippen LogP contribution in [0.25, 0.3) is 20.8 Å². The van der Waals surface area contributed by atoms with Crippen molar-refractivity contribution < 1.29 is 9.21 Å². The molecule has 6 heteroatoms. The fourth-order valence-corrected chi connectivity index (χ4v) is 3.88. The minimum Gasteiger partial charge on any atom is -0.445 e. The number of amides is 1. The largest absolute Gasteiger partial charge is 0.445 e. The summed E-state index contributed by atoms with van der Waals surface area (Å²) in [4.78, 5) is 17.0. The number of aryl methyl sites for hydroxylation is 1. The van der Waals surface area contributed by atoms with Crippen molar-refractivity contribution in [1.29, 1.82) is 0 Å². The molecule has 0 bridgehead atoms. The molecule has 2 heterocycles. The summed E-state index contributed by atoms with van der Waals surface area (Å²) in [5.74, 6) is 0.0432. The third-order valence-electron chi connectivity index (χ3n) is 3.82. The van der Waals surface area contributed by atoms with Crippen LogP contribution in [0.15, 0.2) is 59.0 Å². The highest BCUT2D eigenvalue weighted by molar-refractivity contribution is 14.1. The number of fused-ring (bicyclic) bond motifs is 1. The van der Waals surface area contributed by atoms with Crippen LogP contribution in [0.2, 0.25) is 0 Å². The predicted octanol–water partition coefficient (Wildman–Crippen LogP) is 5.72. The molecule has 25 heavy (non-hydrogen) atoms. The Morgan fingerprint density at radius 2 is 2.00 bits per heavy atom. The quantitative estimate of drug-likeness (QED) is 0.398. The molecule has 0 spiro atoms. The van der Waals surface area contributed by atoms with Gasteiger partial charge in [-0.15, -0.1) is 11.3 Å². The zero-order chi connectivity index (χ0) is 17.4. The normalized spacial score (nSPS) is 11.0. The van der Waals surface area contributed by atoms with Gasteiger partial charge in [0.2, 0.25) is 0 Å². The number of furan rings is 1. The molecular formula is C19H13IN2O2S. The van der Waals surface area contributed by atoms with Gasteiger partial charge in [-0.3, -0.25) is 4.79 Å². The van der Waals surface area contributed by atoms with Crippen molar-refractivity contribution in [3.05, 3.63) is 69.7 Å². The first-order valence-corrected chi connectivity index (χ1v) is 9.53. The predicted molar refractivity (Wildman–Crippen MR) is 109 cm³/mol. The topological polar surface area (TPSA) is 55.1 Å². The second kappa shape index (κ2) is 6.61. The highest BCUT2D eigenvalue weighted by Crippen LogP contribution is 2.32. The van der Waals surface area contributed by atoms with Crippen LogP contribution < -0.4 is 5.32 Å². The minimum absolute atomic E-state index is 0.257. The van der Waals surface area contributed by atoms with Gasteiger partial charge >= 0.3 is 0 Å². The van der Waals surface area contributed by atoms with Crippen molar-refractivity contribution in [2.24, 2.45) is 0 Å². The lowest BCUT2D eigenvalue weighted by Crippen LogP contribution is -2.11. The molecule has 0 saturated carbocycles. The van der Waals surface area contributed by atoms with E-state index in [1.54, 1.807) is 23.5 Å². The molecular weight excluding hydrogens is 447 g/mol. The smallest absolute Gasteiger partial charge is 0.291 e. The molecule has 0 aliphatic rings. The molecule has 124 valence electrons. The SMILES string of the molecule is Cc1ccc(-c2nc3ccccc3s2)cc1NC(=O)c1ccc(I)o1. The van der Waals surface area contributed by atoms with E-state index in [0.29, 0.717) is 9.53 Å². The number of halogens is 1. The maximum absolute atomic E-state index is 12.3. The van der Waals surface area contributed by atoms with Gasteiger partial charge in [0, 0.05) is 11.3 Å². The van der Waals surface area contributed by atoms with Crippen LogP contribution in [0.3, 0.4) is 0 Å². The Balaban J connectivity index is 1.67. The number of nitrogens with zero attached hydrogens (tertiary/aromatic N) is 1. The Morgan fingerprint density at radius 3 is 2.76 bits per heavy atom. The molecule has 4 aromatic rings. The molecule has 1 amide bonds. The fraction of sp³-hybridized carbons (Fsp3) is 0.0526. The molecule has 0 aliphatic heterocycles. The van der Waals surface area contributed by atoms with Crippen LogP contribution >= 0.6 is 33.9 Å². The van der Waals surface area contributed by atoms with Crippen LogP contribution in [0, 0.1) is 10.7 Å². The van der Waals surface area contributed by atoms with Gasteiger partial charge in [0.25, 0.3) is 5.91 Å². The van der Waals surface area contributed by atoms with Crippen molar-refractivity contribution in [2.75, 3.05) is 5.32 Å². The molecule has 0 aliphatic carbocycles. The van der Waals surface area contributed by atoms with Crippen LogP contribution in [0.5, 0.6) is 0 Å². The molecule has 0 radical (unpaired) electrons. The number of hydrogen-bond donors (Lipinski definition) is 1. The zero-order valence-corrected chi connectivity index (χ0v) is 16.2. The van der Waals surface area contributed by atoms with E-state index < -0.39 is 0 Å². The van der Waals surface area contributed by atoms with E-state index in [0.717, 1.165) is 32.0 Å². The van der Waals surface area contributed by atoms with Gasteiger partial charge in [-0.25, -0.2) is 4.98 Å². The first-order valence-electron chi connectivity index (χ1n) is 7.63. The molecule has 2 aromatic heterocycles. The molecule has 0 atom stereocenters. The molecule has 0 unspecified atom stereocenters. The Kier molecular flexibility index (Phi) is 4.30. The number of nitrogens with one attached hydrogen (secondary N) is 1. The highest BCUT2D eigenvalue weighted by Gasteiger charge is 2.13. The maximum Gasteiger partial charge on any atom is 0.291 e. The van der Waals surface area contributed by atoms with E-state index in [1.807, 2.05) is 65.9 Å². The van der Waals surface area contributed by atoms with E-state index in [4.69, 9.17) is 4.42 Å². The third-order valence-corrected chi connectivity index (χ3v) is 5.49. The molecule has 4 rings (SSSR count). The van der Waals surface area contributed by atoms with Gasteiger partial charge in [0.1, 0.15) is 5.01 Å². The van der Waals surface area contributed by atoms with Crippen LogP contribution in [-0.2, 0) is 0 Å². The lowest BCUT2D eigenvalue weighted by atomic mass is 10.1. The number of para-hydroxylation sites is 1. The second-order valence-electron chi connectivity index (χ2n) is 5.57. The van der Waals surface area contributed by atoms with Crippen molar-refractivity contribution >= 4 is 55.7 Å². The summed E-state index contributed by atoms with van der Waals surface area (Å²) in [5, 5.41) is 3.86. The zero-order valence-electron chi connectivity index (χ0n) is 13.2.